The SMILES string of the molecule is O=C1CCC2(CC1)C1CC3CC(C1)CC2C3. The van der Waals surface area contributed by atoms with Crippen molar-refractivity contribution in [1.82, 2.24) is 0 Å². The summed E-state index contributed by atoms with van der Waals surface area (Å²) in [4.78, 5) is 11.5. The highest BCUT2D eigenvalue weighted by Gasteiger charge is 2.57. The zero-order valence-corrected chi connectivity index (χ0v) is 10.1. The van der Waals surface area contributed by atoms with Crippen molar-refractivity contribution in [3.63, 3.8) is 0 Å². The molecule has 0 radical (unpaired) electrons. The number of carbonyl (C=O) groups excluding carboxylic acids is 1. The zero-order chi connectivity index (χ0) is 10.8. The van der Waals surface area contributed by atoms with Crippen LogP contribution in [0.2, 0.25) is 0 Å². The number of ketones is 1. The predicted molar refractivity (Wildman–Crippen MR) is 63.0 cm³/mol. The number of carbonyl (C=O) groups is 1. The minimum absolute atomic E-state index is 0.541. The van der Waals surface area contributed by atoms with E-state index in [1.54, 1.807) is 6.42 Å². The van der Waals surface area contributed by atoms with E-state index in [1.807, 2.05) is 0 Å². The summed E-state index contributed by atoms with van der Waals surface area (Å²) in [5, 5.41) is 0. The molecule has 5 aliphatic carbocycles. The second-order valence-electron chi connectivity index (χ2n) is 7.08. The van der Waals surface area contributed by atoms with E-state index in [0.717, 1.165) is 36.5 Å². The highest BCUT2D eigenvalue weighted by atomic mass is 16.1. The molecule has 4 bridgehead atoms. The molecule has 0 unspecified atom stereocenters. The first kappa shape index (κ1) is 9.67. The first-order valence-corrected chi connectivity index (χ1v) is 7.28. The Labute approximate surface area is 98.0 Å². The molecule has 5 aliphatic rings. The lowest BCUT2D eigenvalue weighted by Gasteiger charge is -2.62. The van der Waals surface area contributed by atoms with Crippen molar-refractivity contribution in [2.24, 2.45) is 29.1 Å². The van der Waals surface area contributed by atoms with Crippen LogP contribution in [0, 0.1) is 29.1 Å². The van der Waals surface area contributed by atoms with Gasteiger partial charge < -0.3 is 0 Å². The Kier molecular flexibility index (Phi) is 1.88. The summed E-state index contributed by atoms with van der Waals surface area (Å²) in [6.45, 7) is 0. The first-order valence-electron chi connectivity index (χ1n) is 7.28. The Bertz CT molecular complexity index is 290. The van der Waals surface area contributed by atoms with Crippen LogP contribution in [0.15, 0.2) is 0 Å². The first-order chi connectivity index (χ1) is 7.76. The van der Waals surface area contributed by atoms with Gasteiger partial charge in [-0.3, -0.25) is 4.79 Å². The van der Waals surface area contributed by atoms with Crippen molar-refractivity contribution in [2.75, 3.05) is 0 Å². The molecule has 0 N–H and O–H groups in total. The fourth-order valence-corrected chi connectivity index (χ4v) is 5.93. The van der Waals surface area contributed by atoms with Crippen LogP contribution in [0.3, 0.4) is 0 Å². The fraction of sp³-hybridized carbons (Fsp3) is 0.933. The van der Waals surface area contributed by atoms with E-state index in [9.17, 15) is 4.79 Å². The van der Waals surface area contributed by atoms with E-state index in [2.05, 4.69) is 0 Å². The summed E-state index contributed by atoms with van der Waals surface area (Å²) in [6, 6.07) is 0. The normalized spacial score (nSPS) is 48.9. The Morgan fingerprint density at radius 2 is 1.31 bits per heavy atom. The maximum absolute atomic E-state index is 11.5. The molecule has 0 aliphatic heterocycles. The van der Waals surface area contributed by atoms with E-state index in [-0.39, 0.29) is 0 Å². The third kappa shape index (κ3) is 1.15. The molecule has 1 heteroatoms. The highest BCUT2D eigenvalue weighted by Crippen LogP contribution is 2.66. The number of Topliss-reactive ketones (excluding diaryl/α,β-unsaturated/α-hetero) is 1. The van der Waals surface area contributed by atoms with E-state index in [1.165, 1.54) is 38.5 Å². The van der Waals surface area contributed by atoms with Crippen molar-refractivity contribution in [3.05, 3.63) is 0 Å². The molecule has 0 heterocycles. The molecule has 0 aromatic heterocycles. The van der Waals surface area contributed by atoms with Gasteiger partial charge in [0, 0.05) is 12.8 Å². The van der Waals surface area contributed by atoms with Gasteiger partial charge in [-0.05, 0) is 74.0 Å². The summed E-state index contributed by atoms with van der Waals surface area (Å²) < 4.78 is 0. The third-order valence-electron chi connectivity index (χ3n) is 6.50. The Morgan fingerprint density at radius 1 is 0.812 bits per heavy atom. The molecule has 0 atom stereocenters. The van der Waals surface area contributed by atoms with Gasteiger partial charge in [-0.15, -0.1) is 0 Å². The zero-order valence-electron chi connectivity index (χ0n) is 10.1. The largest absolute Gasteiger partial charge is 0.300 e. The molecule has 88 valence electrons. The van der Waals surface area contributed by atoms with Gasteiger partial charge in [-0.25, -0.2) is 0 Å². The van der Waals surface area contributed by atoms with Crippen LogP contribution in [-0.4, -0.2) is 5.78 Å². The molecule has 0 aromatic carbocycles. The van der Waals surface area contributed by atoms with Gasteiger partial charge in [0.25, 0.3) is 0 Å². The monoisotopic (exact) mass is 218 g/mol. The Balaban J connectivity index is 1.66. The number of rotatable bonds is 0. The van der Waals surface area contributed by atoms with Gasteiger partial charge in [-0.1, -0.05) is 0 Å². The van der Waals surface area contributed by atoms with E-state index >= 15 is 0 Å². The molecular formula is C15H22O. The molecule has 0 amide bonds. The minimum atomic E-state index is 0.541. The van der Waals surface area contributed by atoms with E-state index in [4.69, 9.17) is 0 Å². The van der Waals surface area contributed by atoms with Crippen LogP contribution < -0.4 is 0 Å². The van der Waals surface area contributed by atoms with E-state index < -0.39 is 0 Å². The Hall–Kier alpha value is -0.330. The van der Waals surface area contributed by atoms with Crippen LogP contribution in [0.4, 0.5) is 0 Å². The van der Waals surface area contributed by atoms with Crippen LogP contribution in [0.5, 0.6) is 0 Å². The van der Waals surface area contributed by atoms with Crippen molar-refractivity contribution < 1.29 is 4.79 Å². The molecule has 5 saturated carbocycles. The average Bonchev–Trinajstić information content (AvgIpc) is 2.27. The summed E-state index contributed by atoms with van der Waals surface area (Å²) in [5.74, 6) is 4.71. The van der Waals surface area contributed by atoms with Crippen LogP contribution in [0.1, 0.15) is 57.8 Å². The van der Waals surface area contributed by atoms with Crippen molar-refractivity contribution in [3.8, 4) is 0 Å². The van der Waals surface area contributed by atoms with Gasteiger partial charge in [0.05, 0.1) is 0 Å². The summed E-state index contributed by atoms with van der Waals surface area (Å²) in [7, 11) is 0. The predicted octanol–water partition coefficient (Wildman–Crippen LogP) is 3.57. The maximum Gasteiger partial charge on any atom is 0.132 e. The molecule has 1 spiro atoms. The molecular weight excluding hydrogens is 196 g/mol. The quantitative estimate of drug-likeness (QED) is 0.607. The Morgan fingerprint density at radius 3 is 1.81 bits per heavy atom. The topological polar surface area (TPSA) is 17.1 Å². The second-order valence-corrected chi connectivity index (χ2v) is 7.08. The van der Waals surface area contributed by atoms with Crippen LogP contribution in [0.25, 0.3) is 0 Å². The lowest BCUT2D eigenvalue weighted by molar-refractivity contribution is -0.143. The fourth-order valence-electron chi connectivity index (χ4n) is 5.93. The van der Waals surface area contributed by atoms with Crippen molar-refractivity contribution in [1.29, 1.82) is 0 Å². The summed E-state index contributed by atoms with van der Waals surface area (Å²) >= 11 is 0. The van der Waals surface area contributed by atoms with E-state index in [0.29, 0.717) is 11.2 Å². The van der Waals surface area contributed by atoms with Gasteiger partial charge in [0.1, 0.15) is 5.78 Å². The van der Waals surface area contributed by atoms with Crippen molar-refractivity contribution >= 4 is 5.78 Å². The summed E-state index contributed by atoms with van der Waals surface area (Å²) in [5.41, 5.74) is 0.640. The highest BCUT2D eigenvalue weighted by molar-refractivity contribution is 5.79. The molecule has 1 nitrogen and oxygen atoms in total. The molecule has 5 fully saturated rings. The molecule has 0 aromatic rings. The molecule has 16 heavy (non-hydrogen) atoms. The van der Waals surface area contributed by atoms with Crippen molar-refractivity contribution in [2.45, 2.75) is 57.8 Å². The van der Waals surface area contributed by atoms with Crippen LogP contribution >= 0.6 is 0 Å². The lowest BCUT2D eigenvalue weighted by Crippen LogP contribution is -2.54. The average molecular weight is 218 g/mol. The van der Waals surface area contributed by atoms with Gasteiger partial charge in [-0.2, -0.15) is 0 Å². The van der Waals surface area contributed by atoms with Gasteiger partial charge in [0.2, 0.25) is 0 Å². The second kappa shape index (κ2) is 3.11. The lowest BCUT2D eigenvalue weighted by atomic mass is 9.42. The maximum atomic E-state index is 11.5. The number of hydrogen-bond donors (Lipinski definition) is 0. The molecule has 0 saturated heterocycles. The minimum Gasteiger partial charge on any atom is -0.300 e. The number of hydrogen-bond acceptors (Lipinski definition) is 1. The van der Waals surface area contributed by atoms with Gasteiger partial charge >= 0.3 is 0 Å². The van der Waals surface area contributed by atoms with Crippen LogP contribution in [-0.2, 0) is 4.79 Å². The smallest absolute Gasteiger partial charge is 0.132 e. The molecule has 5 rings (SSSR count). The van der Waals surface area contributed by atoms with Gasteiger partial charge in [0.15, 0.2) is 0 Å². The summed E-state index contributed by atoms with van der Waals surface area (Å²) in [6.07, 6.45) is 11.9. The third-order valence-corrected chi connectivity index (χ3v) is 6.50. The standard InChI is InChI=1S/C15H22O/c16-14-1-3-15(4-2-14)12-6-10-5-11(8-12)9-13(15)7-10/h10-13H,1-9H2.